The van der Waals surface area contributed by atoms with Gasteiger partial charge in [-0.05, 0) is 29.8 Å². The summed E-state index contributed by atoms with van der Waals surface area (Å²) in [6.07, 6.45) is 1.49. The molecule has 0 radical (unpaired) electrons. The van der Waals surface area contributed by atoms with Gasteiger partial charge in [0.2, 0.25) is 0 Å². The highest BCUT2D eigenvalue weighted by atomic mass is 35.5. The number of hydrogen-bond donors (Lipinski definition) is 1. The molecule has 1 amide bonds. The van der Waals surface area contributed by atoms with Crippen molar-refractivity contribution in [1.82, 2.24) is 4.98 Å². The van der Waals surface area contributed by atoms with Gasteiger partial charge < -0.3 is 10.1 Å². The fourth-order valence-electron chi connectivity index (χ4n) is 2.59. The smallest absolute Gasteiger partial charge is 0.339 e. The molecule has 0 fully saturated rings. The minimum absolute atomic E-state index is 0.139. The third kappa shape index (κ3) is 4.34. The summed E-state index contributed by atoms with van der Waals surface area (Å²) in [5.74, 6) is -1.21. The number of carbonyl (C=O) groups excluding carboxylic acids is 2. The van der Waals surface area contributed by atoms with Gasteiger partial charge in [-0.25, -0.2) is 9.78 Å². The minimum Gasteiger partial charge on any atom is -0.452 e. The van der Waals surface area contributed by atoms with Crippen molar-refractivity contribution in [2.24, 2.45) is 0 Å². The normalized spacial score (nSPS) is 10.0. The van der Waals surface area contributed by atoms with Gasteiger partial charge in [0.15, 0.2) is 11.8 Å². The third-order valence-corrected chi connectivity index (χ3v) is 4.15. The maximum absolute atomic E-state index is 12.5. The number of rotatable bonds is 5. The fourth-order valence-corrected chi connectivity index (χ4v) is 2.75. The van der Waals surface area contributed by atoms with Crippen LogP contribution >= 0.6 is 11.6 Å². The number of amides is 1. The Bertz CT molecular complexity index is 1080. The number of esters is 1. The summed E-state index contributed by atoms with van der Waals surface area (Å²) < 4.78 is 5.14. The maximum Gasteiger partial charge on any atom is 0.339 e. The number of nitriles is 1. The van der Waals surface area contributed by atoms with Gasteiger partial charge in [-0.2, -0.15) is 5.26 Å². The second kappa shape index (κ2) is 8.80. The molecular weight excluding hydrogens is 378 g/mol. The molecule has 0 bridgehead atoms. The molecule has 1 N–H and O–H groups in total. The molecule has 3 aromatic rings. The van der Waals surface area contributed by atoms with Crippen molar-refractivity contribution >= 4 is 29.2 Å². The van der Waals surface area contributed by atoms with Gasteiger partial charge in [-0.15, -0.1) is 0 Å². The van der Waals surface area contributed by atoms with Crippen molar-refractivity contribution in [3.8, 4) is 17.2 Å². The van der Waals surface area contributed by atoms with Gasteiger partial charge in [-0.1, -0.05) is 48.0 Å². The van der Waals surface area contributed by atoms with Crippen molar-refractivity contribution < 1.29 is 14.3 Å². The molecule has 0 unspecified atom stereocenters. The molecule has 138 valence electrons. The van der Waals surface area contributed by atoms with E-state index in [2.05, 4.69) is 16.4 Å². The zero-order valence-corrected chi connectivity index (χ0v) is 15.3. The standard InChI is InChI=1S/C21H14ClN3O3/c22-20-18(10-5-11-24-20)25-19(26)13-28-21(27)17-9-4-3-8-16(17)15-7-2-1-6-14(15)12-23/h1-11H,13H2,(H,25,26). The molecule has 2 aromatic carbocycles. The molecule has 0 atom stereocenters. The highest BCUT2D eigenvalue weighted by Crippen LogP contribution is 2.27. The Labute approximate surface area is 166 Å². The Morgan fingerprint density at radius 3 is 2.50 bits per heavy atom. The topological polar surface area (TPSA) is 92.1 Å². The zero-order chi connectivity index (χ0) is 19.9. The van der Waals surface area contributed by atoms with Crippen LogP contribution in [0, 0.1) is 11.3 Å². The molecule has 0 aliphatic carbocycles. The second-order valence-electron chi connectivity index (χ2n) is 5.67. The maximum atomic E-state index is 12.5. The van der Waals surface area contributed by atoms with Gasteiger partial charge >= 0.3 is 5.97 Å². The van der Waals surface area contributed by atoms with Crippen molar-refractivity contribution in [1.29, 1.82) is 5.26 Å². The summed E-state index contributed by atoms with van der Waals surface area (Å²) >= 11 is 5.88. The lowest BCUT2D eigenvalue weighted by Crippen LogP contribution is -2.21. The van der Waals surface area contributed by atoms with Crippen LogP contribution in [0.25, 0.3) is 11.1 Å². The van der Waals surface area contributed by atoms with Crippen LogP contribution < -0.4 is 5.32 Å². The van der Waals surface area contributed by atoms with E-state index >= 15 is 0 Å². The number of benzene rings is 2. The monoisotopic (exact) mass is 391 g/mol. The molecule has 28 heavy (non-hydrogen) atoms. The van der Waals surface area contributed by atoms with Crippen LogP contribution in [-0.2, 0) is 9.53 Å². The summed E-state index contributed by atoms with van der Waals surface area (Å²) in [4.78, 5) is 28.4. The van der Waals surface area contributed by atoms with E-state index in [1.807, 2.05) is 0 Å². The highest BCUT2D eigenvalue weighted by Gasteiger charge is 2.17. The van der Waals surface area contributed by atoms with Crippen LogP contribution in [-0.4, -0.2) is 23.5 Å². The summed E-state index contributed by atoms with van der Waals surface area (Å²) in [5, 5.41) is 12.0. The highest BCUT2D eigenvalue weighted by molar-refractivity contribution is 6.32. The molecule has 6 nitrogen and oxygen atoms in total. The number of carbonyl (C=O) groups is 2. The van der Waals surface area contributed by atoms with E-state index in [1.165, 1.54) is 6.20 Å². The number of hydrogen-bond acceptors (Lipinski definition) is 5. The number of pyridine rings is 1. The van der Waals surface area contributed by atoms with Crippen molar-refractivity contribution in [2.45, 2.75) is 0 Å². The number of nitrogens with one attached hydrogen (secondary N) is 1. The summed E-state index contributed by atoms with van der Waals surface area (Å²) in [6, 6.07) is 19.0. The first kappa shape index (κ1) is 19.1. The molecule has 7 heteroatoms. The minimum atomic E-state index is -0.671. The predicted octanol–water partition coefficient (Wildman–Crippen LogP) is 4.07. The number of halogens is 1. The molecule has 0 saturated carbocycles. The van der Waals surface area contributed by atoms with Crippen LogP contribution in [0.15, 0.2) is 66.9 Å². The van der Waals surface area contributed by atoms with E-state index in [0.717, 1.165) is 0 Å². The molecular formula is C21H14ClN3O3. The van der Waals surface area contributed by atoms with Gasteiger partial charge in [0.25, 0.3) is 5.91 Å². The molecule has 0 aliphatic heterocycles. The van der Waals surface area contributed by atoms with Gasteiger partial charge in [0, 0.05) is 11.8 Å². The van der Waals surface area contributed by atoms with E-state index in [0.29, 0.717) is 22.4 Å². The first-order valence-electron chi connectivity index (χ1n) is 8.26. The van der Waals surface area contributed by atoms with E-state index in [9.17, 15) is 14.9 Å². The Morgan fingerprint density at radius 2 is 1.75 bits per heavy atom. The zero-order valence-electron chi connectivity index (χ0n) is 14.6. The van der Waals surface area contributed by atoms with Crippen LogP contribution in [0.3, 0.4) is 0 Å². The average Bonchev–Trinajstić information content (AvgIpc) is 2.73. The number of anilines is 1. The molecule has 0 aliphatic rings. The first-order valence-corrected chi connectivity index (χ1v) is 8.64. The molecule has 1 heterocycles. The number of aromatic nitrogens is 1. The summed E-state index contributed by atoms with van der Waals surface area (Å²) in [7, 11) is 0. The fraction of sp³-hybridized carbons (Fsp3) is 0.0476. The van der Waals surface area contributed by atoms with E-state index < -0.39 is 18.5 Å². The molecule has 0 spiro atoms. The lowest BCUT2D eigenvalue weighted by atomic mass is 9.96. The van der Waals surface area contributed by atoms with E-state index in [-0.39, 0.29) is 10.7 Å². The summed E-state index contributed by atoms with van der Waals surface area (Å²) in [6.45, 7) is -0.488. The van der Waals surface area contributed by atoms with Crippen LogP contribution in [0.1, 0.15) is 15.9 Å². The van der Waals surface area contributed by atoms with Crippen molar-refractivity contribution in [3.05, 3.63) is 83.1 Å². The van der Waals surface area contributed by atoms with Gasteiger partial charge in [-0.3, -0.25) is 4.79 Å². The van der Waals surface area contributed by atoms with Gasteiger partial charge in [0.1, 0.15) is 0 Å². The lowest BCUT2D eigenvalue weighted by molar-refractivity contribution is -0.119. The third-order valence-electron chi connectivity index (χ3n) is 3.85. The van der Waals surface area contributed by atoms with Gasteiger partial charge in [0.05, 0.1) is 22.9 Å². The number of ether oxygens (including phenoxy) is 1. The SMILES string of the molecule is N#Cc1ccccc1-c1ccccc1C(=O)OCC(=O)Nc1cccnc1Cl. The quantitative estimate of drug-likeness (QED) is 0.522. The van der Waals surface area contributed by atoms with Crippen LogP contribution in [0.4, 0.5) is 5.69 Å². The lowest BCUT2D eigenvalue weighted by Gasteiger charge is -2.11. The van der Waals surface area contributed by atoms with Crippen molar-refractivity contribution in [3.63, 3.8) is 0 Å². The molecule has 0 saturated heterocycles. The van der Waals surface area contributed by atoms with Crippen LogP contribution in [0.5, 0.6) is 0 Å². The Balaban J connectivity index is 1.74. The average molecular weight is 392 g/mol. The van der Waals surface area contributed by atoms with Crippen molar-refractivity contribution in [2.75, 3.05) is 11.9 Å². The molecule has 3 rings (SSSR count). The van der Waals surface area contributed by atoms with E-state index in [4.69, 9.17) is 16.3 Å². The summed E-state index contributed by atoms with van der Waals surface area (Å²) in [5.41, 5.74) is 2.20. The largest absolute Gasteiger partial charge is 0.452 e. The Morgan fingerprint density at radius 1 is 1.04 bits per heavy atom. The van der Waals surface area contributed by atoms with Crippen LogP contribution in [0.2, 0.25) is 5.15 Å². The number of nitrogens with zero attached hydrogens (tertiary/aromatic N) is 2. The Kier molecular flexibility index (Phi) is 6.00. The Hall–Kier alpha value is -3.69. The second-order valence-corrected chi connectivity index (χ2v) is 6.03. The first-order chi connectivity index (χ1) is 13.6. The molecule has 1 aromatic heterocycles. The predicted molar refractivity (Wildman–Crippen MR) is 105 cm³/mol. The van der Waals surface area contributed by atoms with E-state index in [1.54, 1.807) is 60.7 Å².